The first-order chi connectivity index (χ1) is 15.5. The summed E-state index contributed by atoms with van der Waals surface area (Å²) in [5, 5.41) is 0. The van der Waals surface area contributed by atoms with Crippen LogP contribution in [0.4, 0.5) is 0 Å². The van der Waals surface area contributed by atoms with Gasteiger partial charge in [0.15, 0.2) is 0 Å². The summed E-state index contributed by atoms with van der Waals surface area (Å²) in [7, 11) is 0. The SMILES string of the molecule is CCOc1ccc(CC(=O)N2CCN(C(=O)CCCOc3c(C)cccc3C)CC2)cc1. The molecule has 0 atom stereocenters. The minimum absolute atomic E-state index is 0.100. The van der Waals surface area contributed by atoms with Crippen LogP contribution in [0.25, 0.3) is 0 Å². The molecule has 0 N–H and O–H groups in total. The first kappa shape index (κ1) is 23.6. The lowest BCUT2D eigenvalue weighted by atomic mass is 10.1. The molecule has 3 rings (SSSR count). The molecule has 0 bridgehead atoms. The number of hydrogen-bond acceptors (Lipinski definition) is 4. The molecule has 2 aromatic carbocycles. The van der Waals surface area contributed by atoms with Crippen molar-refractivity contribution in [1.82, 2.24) is 9.80 Å². The first-order valence-electron chi connectivity index (χ1n) is 11.4. The summed E-state index contributed by atoms with van der Waals surface area (Å²) in [6, 6.07) is 13.7. The van der Waals surface area contributed by atoms with E-state index in [-0.39, 0.29) is 11.8 Å². The van der Waals surface area contributed by atoms with E-state index in [9.17, 15) is 9.59 Å². The Hall–Kier alpha value is -3.02. The Balaban J connectivity index is 1.37. The molecule has 6 nitrogen and oxygen atoms in total. The number of ether oxygens (including phenoxy) is 2. The summed E-state index contributed by atoms with van der Waals surface area (Å²) >= 11 is 0. The number of aryl methyl sites for hydroxylation is 2. The molecular formula is C26H34N2O4. The van der Waals surface area contributed by atoms with Gasteiger partial charge >= 0.3 is 0 Å². The second kappa shape index (κ2) is 11.6. The van der Waals surface area contributed by atoms with Crippen LogP contribution in [-0.4, -0.2) is 61.0 Å². The Kier molecular flexibility index (Phi) is 8.54. The van der Waals surface area contributed by atoms with E-state index in [2.05, 4.69) is 0 Å². The molecule has 0 aliphatic carbocycles. The Morgan fingerprint density at radius 2 is 1.44 bits per heavy atom. The zero-order valence-electron chi connectivity index (χ0n) is 19.4. The highest BCUT2D eigenvalue weighted by Crippen LogP contribution is 2.22. The van der Waals surface area contributed by atoms with Gasteiger partial charge in [-0.3, -0.25) is 9.59 Å². The van der Waals surface area contributed by atoms with Gasteiger partial charge in [-0.05, 0) is 56.0 Å². The van der Waals surface area contributed by atoms with Gasteiger partial charge in [-0.25, -0.2) is 0 Å². The zero-order valence-corrected chi connectivity index (χ0v) is 19.4. The number of hydrogen-bond donors (Lipinski definition) is 0. The average molecular weight is 439 g/mol. The molecule has 2 aromatic rings. The standard InChI is InChI=1S/C26H34N2O4/c1-4-31-23-12-10-22(11-13-23)19-25(30)28-16-14-27(15-17-28)24(29)9-6-18-32-26-20(2)7-5-8-21(26)3/h5,7-8,10-13H,4,6,9,14-19H2,1-3H3. The zero-order chi connectivity index (χ0) is 22.9. The van der Waals surface area contributed by atoms with Crippen LogP contribution in [0, 0.1) is 13.8 Å². The molecule has 0 radical (unpaired) electrons. The van der Waals surface area contributed by atoms with Crippen LogP contribution in [0.15, 0.2) is 42.5 Å². The van der Waals surface area contributed by atoms with E-state index in [1.54, 1.807) is 0 Å². The van der Waals surface area contributed by atoms with Gasteiger partial charge in [0.25, 0.3) is 0 Å². The van der Waals surface area contributed by atoms with Crippen molar-refractivity contribution in [1.29, 1.82) is 0 Å². The first-order valence-corrected chi connectivity index (χ1v) is 11.4. The molecule has 0 saturated carbocycles. The van der Waals surface area contributed by atoms with E-state index in [0.717, 1.165) is 28.2 Å². The summed E-state index contributed by atoms with van der Waals surface area (Å²) in [5.74, 6) is 1.96. The van der Waals surface area contributed by atoms with Crippen molar-refractivity contribution in [2.75, 3.05) is 39.4 Å². The minimum atomic E-state index is 0.100. The van der Waals surface area contributed by atoms with E-state index in [1.807, 2.05) is 73.0 Å². The molecule has 1 saturated heterocycles. The van der Waals surface area contributed by atoms with Crippen LogP contribution in [-0.2, 0) is 16.0 Å². The van der Waals surface area contributed by atoms with Crippen LogP contribution in [0.2, 0.25) is 0 Å². The van der Waals surface area contributed by atoms with Crippen molar-refractivity contribution in [3.05, 3.63) is 59.2 Å². The topological polar surface area (TPSA) is 59.1 Å². The molecule has 1 fully saturated rings. The molecule has 0 spiro atoms. The molecule has 2 amide bonds. The fourth-order valence-electron chi connectivity index (χ4n) is 3.94. The predicted octanol–water partition coefficient (Wildman–Crippen LogP) is 3.77. The number of rotatable bonds is 9. The molecule has 1 aliphatic heterocycles. The van der Waals surface area contributed by atoms with Gasteiger partial charge in [0.1, 0.15) is 11.5 Å². The lowest BCUT2D eigenvalue weighted by Gasteiger charge is -2.35. The second-order valence-corrected chi connectivity index (χ2v) is 8.19. The van der Waals surface area contributed by atoms with E-state index >= 15 is 0 Å². The second-order valence-electron chi connectivity index (χ2n) is 8.19. The normalized spacial score (nSPS) is 13.7. The summed E-state index contributed by atoms with van der Waals surface area (Å²) < 4.78 is 11.3. The van der Waals surface area contributed by atoms with E-state index in [4.69, 9.17) is 9.47 Å². The van der Waals surface area contributed by atoms with Gasteiger partial charge < -0.3 is 19.3 Å². The van der Waals surface area contributed by atoms with Gasteiger partial charge in [0.05, 0.1) is 19.6 Å². The third-order valence-electron chi connectivity index (χ3n) is 5.76. The highest BCUT2D eigenvalue weighted by atomic mass is 16.5. The third-order valence-corrected chi connectivity index (χ3v) is 5.76. The minimum Gasteiger partial charge on any atom is -0.494 e. The van der Waals surface area contributed by atoms with Crippen molar-refractivity contribution in [3.63, 3.8) is 0 Å². The van der Waals surface area contributed by atoms with Crippen molar-refractivity contribution in [2.24, 2.45) is 0 Å². The molecule has 1 heterocycles. The number of para-hydroxylation sites is 1. The number of carbonyl (C=O) groups is 2. The van der Waals surface area contributed by atoms with Crippen LogP contribution in [0.5, 0.6) is 11.5 Å². The van der Waals surface area contributed by atoms with Crippen LogP contribution in [0.3, 0.4) is 0 Å². The van der Waals surface area contributed by atoms with Gasteiger partial charge in [-0.2, -0.15) is 0 Å². The fourth-order valence-corrected chi connectivity index (χ4v) is 3.94. The van der Waals surface area contributed by atoms with Crippen molar-refractivity contribution in [3.8, 4) is 11.5 Å². The van der Waals surface area contributed by atoms with E-state index in [1.165, 1.54) is 0 Å². The van der Waals surface area contributed by atoms with Crippen molar-refractivity contribution in [2.45, 2.75) is 40.0 Å². The average Bonchev–Trinajstić information content (AvgIpc) is 2.79. The van der Waals surface area contributed by atoms with E-state index in [0.29, 0.717) is 58.7 Å². The third kappa shape index (κ3) is 6.49. The largest absolute Gasteiger partial charge is 0.494 e. The molecule has 0 aromatic heterocycles. The van der Waals surface area contributed by atoms with Gasteiger partial charge in [-0.15, -0.1) is 0 Å². The molecule has 1 aliphatic rings. The van der Waals surface area contributed by atoms with Gasteiger partial charge in [0.2, 0.25) is 11.8 Å². The van der Waals surface area contributed by atoms with Gasteiger partial charge in [0, 0.05) is 32.6 Å². The summed E-state index contributed by atoms with van der Waals surface area (Å²) in [4.78, 5) is 28.9. The molecule has 6 heteroatoms. The summed E-state index contributed by atoms with van der Waals surface area (Å²) in [5.41, 5.74) is 3.20. The maximum Gasteiger partial charge on any atom is 0.227 e. The maximum atomic E-state index is 12.6. The van der Waals surface area contributed by atoms with Crippen LogP contribution < -0.4 is 9.47 Å². The monoisotopic (exact) mass is 438 g/mol. The van der Waals surface area contributed by atoms with Gasteiger partial charge in [-0.1, -0.05) is 30.3 Å². The molecule has 32 heavy (non-hydrogen) atoms. The number of amides is 2. The fraction of sp³-hybridized carbons (Fsp3) is 0.462. The number of carbonyl (C=O) groups excluding carboxylic acids is 2. The Labute approximate surface area is 191 Å². The predicted molar refractivity (Wildman–Crippen MR) is 125 cm³/mol. The quantitative estimate of drug-likeness (QED) is 0.559. The summed E-state index contributed by atoms with van der Waals surface area (Å²) in [6.07, 6.45) is 1.52. The number of benzene rings is 2. The highest BCUT2D eigenvalue weighted by molar-refractivity contribution is 5.80. The summed E-state index contributed by atoms with van der Waals surface area (Å²) in [6.45, 7) is 9.51. The Morgan fingerprint density at radius 3 is 2.03 bits per heavy atom. The van der Waals surface area contributed by atoms with Crippen LogP contribution >= 0.6 is 0 Å². The highest BCUT2D eigenvalue weighted by Gasteiger charge is 2.24. The molecule has 0 unspecified atom stereocenters. The maximum absolute atomic E-state index is 12.6. The Bertz CT molecular complexity index is 882. The number of nitrogens with zero attached hydrogens (tertiary/aromatic N) is 2. The lowest BCUT2D eigenvalue weighted by Crippen LogP contribution is -2.51. The van der Waals surface area contributed by atoms with Crippen LogP contribution in [0.1, 0.15) is 36.5 Å². The Morgan fingerprint density at radius 1 is 0.844 bits per heavy atom. The van der Waals surface area contributed by atoms with Crippen molar-refractivity contribution >= 4 is 11.8 Å². The smallest absolute Gasteiger partial charge is 0.227 e. The van der Waals surface area contributed by atoms with E-state index < -0.39 is 0 Å². The van der Waals surface area contributed by atoms with Crippen molar-refractivity contribution < 1.29 is 19.1 Å². The lowest BCUT2D eigenvalue weighted by molar-refractivity contribution is -0.139. The number of piperazine rings is 1. The molecular weight excluding hydrogens is 404 g/mol. The molecule has 172 valence electrons.